The lowest BCUT2D eigenvalue weighted by Crippen LogP contribution is -2.35. The van der Waals surface area contributed by atoms with E-state index in [2.05, 4.69) is 20.1 Å². The van der Waals surface area contributed by atoms with Gasteiger partial charge in [-0.15, -0.1) is 15.3 Å². The molecule has 8 heteroatoms. The fraction of sp³-hybridized carbons (Fsp3) is 0.450. The maximum absolute atomic E-state index is 12.7. The van der Waals surface area contributed by atoms with Crippen molar-refractivity contribution in [2.45, 2.75) is 31.6 Å². The standard InChI is InChI=1S/C20H23N7O/c28-20(16-7-1-2-10-21-16)26-12-4-11-25(13-14-26)18-9-8-17-22-23-19(27(17)24-18)15-5-3-6-15/h1-2,7-10,15H,3-6,11-14H2. The summed E-state index contributed by atoms with van der Waals surface area (Å²) in [5.74, 6) is 2.37. The van der Waals surface area contributed by atoms with E-state index >= 15 is 0 Å². The van der Waals surface area contributed by atoms with E-state index in [0.29, 0.717) is 18.2 Å². The highest BCUT2D eigenvalue weighted by Crippen LogP contribution is 2.35. The lowest BCUT2D eigenvalue weighted by Gasteiger charge is -2.24. The van der Waals surface area contributed by atoms with Crippen molar-refractivity contribution in [3.05, 3.63) is 48.0 Å². The Labute approximate surface area is 163 Å². The first kappa shape index (κ1) is 17.1. The minimum absolute atomic E-state index is 0.00283. The minimum Gasteiger partial charge on any atom is -0.353 e. The first-order chi connectivity index (χ1) is 13.8. The average Bonchev–Trinajstić information content (AvgIpc) is 2.94. The van der Waals surface area contributed by atoms with Crippen LogP contribution in [0.25, 0.3) is 5.65 Å². The minimum atomic E-state index is -0.00283. The van der Waals surface area contributed by atoms with Gasteiger partial charge in [0.1, 0.15) is 11.5 Å². The van der Waals surface area contributed by atoms with Crippen LogP contribution in [0, 0.1) is 0 Å². The molecule has 2 aliphatic rings. The number of pyridine rings is 1. The smallest absolute Gasteiger partial charge is 0.272 e. The van der Waals surface area contributed by atoms with Crippen molar-refractivity contribution in [2.24, 2.45) is 0 Å². The number of anilines is 1. The monoisotopic (exact) mass is 377 g/mol. The Morgan fingerprint density at radius 3 is 2.68 bits per heavy atom. The zero-order valence-electron chi connectivity index (χ0n) is 15.7. The molecule has 0 unspecified atom stereocenters. The Balaban J connectivity index is 1.34. The third kappa shape index (κ3) is 3.08. The molecule has 1 saturated carbocycles. The van der Waals surface area contributed by atoms with Crippen LogP contribution >= 0.6 is 0 Å². The number of aromatic nitrogens is 5. The molecule has 144 valence electrons. The van der Waals surface area contributed by atoms with Crippen molar-refractivity contribution in [3.63, 3.8) is 0 Å². The molecule has 1 aliphatic heterocycles. The normalized spacial score (nSPS) is 18.1. The lowest BCUT2D eigenvalue weighted by atomic mass is 9.85. The summed E-state index contributed by atoms with van der Waals surface area (Å²) in [6.07, 6.45) is 6.15. The Morgan fingerprint density at radius 2 is 1.89 bits per heavy atom. The van der Waals surface area contributed by atoms with Gasteiger partial charge in [0, 0.05) is 38.3 Å². The van der Waals surface area contributed by atoms with Crippen molar-refractivity contribution in [2.75, 3.05) is 31.1 Å². The van der Waals surface area contributed by atoms with E-state index in [9.17, 15) is 4.79 Å². The van der Waals surface area contributed by atoms with Gasteiger partial charge in [0.05, 0.1) is 0 Å². The number of fused-ring (bicyclic) bond motifs is 1. The molecule has 1 amide bonds. The molecule has 0 radical (unpaired) electrons. The van der Waals surface area contributed by atoms with Crippen molar-refractivity contribution < 1.29 is 4.79 Å². The quantitative estimate of drug-likeness (QED) is 0.696. The van der Waals surface area contributed by atoms with Crippen molar-refractivity contribution in [1.82, 2.24) is 29.7 Å². The summed E-state index contributed by atoms with van der Waals surface area (Å²) in [7, 11) is 0. The van der Waals surface area contributed by atoms with E-state index in [-0.39, 0.29) is 5.91 Å². The van der Waals surface area contributed by atoms with E-state index in [1.807, 2.05) is 33.7 Å². The van der Waals surface area contributed by atoms with Gasteiger partial charge in [0.15, 0.2) is 11.5 Å². The van der Waals surface area contributed by atoms with Crippen LogP contribution in [0.3, 0.4) is 0 Å². The first-order valence-electron chi connectivity index (χ1n) is 9.97. The van der Waals surface area contributed by atoms with Gasteiger partial charge >= 0.3 is 0 Å². The molecule has 2 fully saturated rings. The number of carbonyl (C=O) groups is 1. The van der Waals surface area contributed by atoms with Crippen LogP contribution in [0.1, 0.15) is 47.9 Å². The molecule has 0 aromatic carbocycles. The molecular weight excluding hydrogens is 354 g/mol. The van der Waals surface area contributed by atoms with Gasteiger partial charge < -0.3 is 9.80 Å². The third-order valence-corrected chi connectivity index (χ3v) is 5.73. The number of hydrogen-bond donors (Lipinski definition) is 0. The van der Waals surface area contributed by atoms with Crippen LogP contribution in [0.2, 0.25) is 0 Å². The van der Waals surface area contributed by atoms with Gasteiger partial charge in [-0.1, -0.05) is 12.5 Å². The predicted molar refractivity (Wildman–Crippen MR) is 104 cm³/mol. The second-order valence-electron chi connectivity index (χ2n) is 7.50. The Kier molecular flexibility index (Phi) is 4.38. The van der Waals surface area contributed by atoms with Gasteiger partial charge in [-0.3, -0.25) is 9.78 Å². The van der Waals surface area contributed by atoms with E-state index in [4.69, 9.17) is 5.10 Å². The predicted octanol–water partition coefficient (Wildman–Crippen LogP) is 2.14. The SMILES string of the molecule is O=C(c1ccccn1)N1CCCN(c2ccc3nnc(C4CCC4)n3n2)CC1. The summed E-state index contributed by atoms with van der Waals surface area (Å²) in [6.45, 7) is 3.00. The number of carbonyl (C=O) groups excluding carboxylic acids is 1. The summed E-state index contributed by atoms with van der Waals surface area (Å²) in [6, 6.07) is 9.44. The maximum atomic E-state index is 12.7. The van der Waals surface area contributed by atoms with Gasteiger partial charge in [-0.2, -0.15) is 4.52 Å². The van der Waals surface area contributed by atoms with Gasteiger partial charge in [0.2, 0.25) is 0 Å². The van der Waals surface area contributed by atoms with Crippen LogP contribution < -0.4 is 4.90 Å². The van der Waals surface area contributed by atoms with E-state index in [1.165, 1.54) is 19.3 Å². The topological polar surface area (TPSA) is 79.5 Å². The summed E-state index contributed by atoms with van der Waals surface area (Å²) < 4.78 is 1.90. The number of rotatable bonds is 3. The molecule has 4 heterocycles. The highest BCUT2D eigenvalue weighted by atomic mass is 16.2. The van der Waals surface area contributed by atoms with Gasteiger partial charge in [-0.25, -0.2) is 0 Å². The largest absolute Gasteiger partial charge is 0.353 e. The molecule has 3 aromatic rings. The maximum Gasteiger partial charge on any atom is 0.272 e. The molecule has 3 aromatic heterocycles. The average molecular weight is 377 g/mol. The van der Waals surface area contributed by atoms with Gasteiger partial charge in [-0.05, 0) is 43.5 Å². The zero-order chi connectivity index (χ0) is 18.9. The van der Waals surface area contributed by atoms with Crippen molar-refractivity contribution >= 4 is 17.4 Å². The number of nitrogens with zero attached hydrogens (tertiary/aromatic N) is 7. The summed E-state index contributed by atoms with van der Waals surface area (Å²) in [5.41, 5.74) is 1.30. The molecule has 0 N–H and O–H groups in total. The fourth-order valence-corrected chi connectivity index (χ4v) is 3.89. The first-order valence-corrected chi connectivity index (χ1v) is 9.97. The second-order valence-corrected chi connectivity index (χ2v) is 7.50. The molecule has 0 atom stereocenters. The van der Waals surface area contributed by atoms with E-state index in [0.717, 1.165) is 43.3 Å². The number of amides is 1. The van der Waals surface area contributed by atoms with Crippen LogP contribution in [-0.2, 0) is 0 Å². The Hall–Kier alpha value is -3.03. The Morgan fingerprint density at radius 1 is 0.964 bits per heavy atom. The lowest BCUT2D eigenvalue weighted by molar-refractivity contribution is 0.0761. The zero-order valence-corrected chi connectivity index (χ0v) is 15.7. The van der Waals surface area contributed by atoms with E-state index < -0.39 is 0 Å². The molecular formula is C20H23N7O. The summed E-state index contributed by atoms with van der Waals surface area (Å²) in [4.78, 5) is 21.0. The molecule has 1 aliphatic carbocycles. The Bertz CT molecular complexity index is 983. The van der Waals surface area contributed by atoms with Crippen LogP contribution in [-0.4, -0.2) is 61.8 Å². The third-order valence-electron chi connectivity index (χ3n) is 5.73. The fourth-order valence-electron chi connectivity index (χ4n) is 3.89. The van der Waals surface area contributed by atoms with Crippen molar-refractivity contribution in [1.29, 1.82) is 0 Å². The molecule has 5 rings (SSSR count). The molecule has 0 bridgehead atoms. The molecule has 28 heavy (non-hydrogen) atoms. The molecule has 8 nitrogen and oxygen atoms in total. The molecule has 0 spiro atoms. The van der Waals surface area contributed by atoms with Crippen LogP contribution in [0.15, 0.2) is 36.5 Å². The van der Waals surface area contributed by atoms with Crippen LogP contribution in [0.4, 0.5) is 5.82 Å². The van der Waals surface area contributed by atoms with Crippen molar-refractivity contribution in [3.8, 4) is 0 Å². The second kappa shape index (κ2) is 7.18. The number of hydrogen-bond acceptors (Lipinski definition) is 6. The van der Waals surface area contributed by atoms with Crippen LogP contribution in [0.5, 0.6) is 0 Å². The van der Waals surface area contributed by atoms with Gasteiger partial charge in [0.25, 0.3) is 5.91 Å². The van der Waals surface area contributed by atoms with E-state index in [1.54, 1.807) is 12.3 Å². The molecule has 1 saturated heterocycles. The summed E-state index contributed by atoms with van der Waals surface area (Å²) in [5, 5.41) is 13.5. The highest BCUT2D eigenvalue weighted by Gasteiger charge is 2.26. The summed E-state index contributed by atoms with van der Waals surface area (Å²) >= 11 is 0. The highest BCUT2D eigenvalue weighted by molar-refractivity contribution is 5.92.